The zero-order valence-corrected chi connectivity index (χ0v) is 31.8. The fourth-order valence-corrected chi connectivity index (χ4v) is 11.1. The average molecular weight is 749 g/mol. The van der Waals surface area contributed by atoms with Crippen LogP contribution in [0.15, 0.2) is 203 Å². The Balaban J connectivity index is 1.11. The average Bonchev–Trinajstić information content (AvgIpc) is 4.02. The summed E-state index contributed by atoms with van der Waals surface area (Å²) >= 11 is 0. The Hall–Kier alpha value is -7.68. The summed E-state index contributed by atoms with van der Waals surface area (Å²) < 4.78 is 13.1. The van der Waals surface area contributed by atoms with Crippen LogP contribution in [0.4, 0.5) is 0 Å². The largest absolute Gasteiger partial charge is 0.456 e. The van der Waals surface area contributed by atoms with Gasteiger partial charge in [0.1, 0.15) is 22.3 Å². The van der Waals surface area contributed by atoms with Crippen LogP contribution < -0.4 is 0 Å². The fourth-order valence-electron chi connectivity index (χ4n) is 11.1. The highest BCUT2D eigenvalue weighted by Gasteiger charge is 2.52. The molecule has 0 saturated carbocycles. The summed E-state index contributed by atoms with van der Waals surface area (Å²) in [5, 5.41) is 9.35. The Morgan fingerprint density at radius 3 is 1.68 bits per heavy atom. The number of furan rings is 2. The quantitative estimate of drug-likeness (QED) is 0.176. The molecular formula is C57H32O2. The lowest BCUT2D eigenvalue weighted by molar-refractivity contribution is 0.669. The molecule has 0 unspecified atom stereocenters. The number of hydrogen-bond donors (Lipinski definition) is 0. The molecule has 0 fully saturated rings. The molecule has 59 heavy (non-hydrogen) atoms. The minimum Gasteiger partial charge on any atom is -0.456 e. The number of hydrogen-bond acceptors (Lipinski definition) is 2. The fraction of sp³-hybridized carbons (Fsp3) is 0.0175. The highest BCUT2D eigenvalue weighted by molar-refractivity contribution is 6.17. The second-order valence-corrected chi connectivity index (χ2v) is 16.3. The smallest absolute Gasteiger partial charge is 0.136 e. The summed E-state index contributed by atoms with van der Waals surface area (Å²) in [5.41, 5.74) is 18.3. The molecule has 0 saturated heterocycles. The van der Waals surface area contributed by atoms with Crippen LogP contribution >= 0.6 is 0 Å². The summed E-state index contributed by atoms with van der Waals surface area (Å²) in [6.07, 6.45) is 0. The zero-order valence-electron chi connectivity index (χ0n) is 31.8. The van der Waals surface area contributed by atoms with E-state index in [2.05, 4.69) is 188 Å². The predicted octanol–water partition coefficient (Wildman–Crippen LogP) is 15.5. The molecule has 2 heteroatoms. The lowest BCUT2D eigenvalue weighted by Gasteiger charge is -2.31. The lowest BCUT2D eigenvalue weighted by atomic mass is 9.70. The first-order valence-corrected chi connectivity index (χ1v) is 20.4. The van der Waals surface area contributed by atoms with Gasteiger partial charge in [0.25, 0.3) is 0 Å². The third-order valence-electron chi connectivity index (χ3n) is 13.4. The third-order valence-corrected chi connectivity index (χ3v) is 13.4. The van der Waals surface area contributed by atoms with E-state index in [1.165, 1.54) is 77.2 Å². The molecule has 10 aromatic carbocycles. The van der Waals surface area contributed by atoms with Crippen LogP contribution in [0.2, 0.25) is 0 Å². The number of benzene rings is 10. The molecule has 2 aliphatic carbocycles. The number of fused-ring (bicyclic) bond motifs is 18. The van der Waals surface area contributed by atoms with Gasteiger partial charge in [-0.2, -0.15) is 0 Å². The highest BCUT2D eigenvalue weighted by atomic mass is 16.3. The van der Waals surface area contributed by atoms with Crippen LogP contribution in [0.25, 0.3) is 110 Å². The van der Waals surface area contributed by atoms with Crippen LogP contribution in [0, 0.1) is 0 Å². The van der Waals surface area contributed by atoms with Crippen LogP contribution in [0.5, 0.6) is 0 Å². The van der Waals surface area contributed by atoms with E-state index in [0.29, 0.717) is 0 Å². The van der Waals surface area contributed by atoms with Gasteiger partial charge in [0.15, 0.2) is 0 Å². The lowest BCUT2D eigenvalue weighted by Crippen LogP contribution is -2.25. The second-order valence-electron chi connectivity index (χ2n) is 16.3. The van der Waals surface area contributed by atoms with Gasteiger partial charge >= 0.3 is 0 Å². The second kappa shape index (κ2) is 11.2. The minimum absolute atomic E-state index is 0.483. The number of rotatable bonds is 2. The maximum atomic E-state index is 6.56. The van der Waals surface area contributed by atoms with E-state index in [-0.39, 0.29) is 0 Å². The van der Waals surface area contributed by atoms with Crippen molar-refractivity contribution in [2.24, 2.45) is 0 Å². The van der Waals surface area contributed by atoms with Crippen molar-refractivity contribution >= 4 is 65.4 Å². The van der Waals surface area contributed by atoms with Crippen molar-refractivity contribution in [3.63, 3.8) is 0 Å². The van der Waals surface area contributed by atoms with Crippen LogP contribution in [0.3, 0.4) is 0 Å². The molecule has 0 atom stereocenters. The topological polar surface area (TPSA) is 26.3 Å². The third kappa shape index (κ3) is 4.00. The van der Waals surface area contributed by atoms with Gasteiger partial charge in [-0.15, -0.1) is 0 Å². The zero-order chi connectivity index (χ0) is 38.4. The Kier molecular flexibility index (Phi) is 5.99. The van der Waals surface area contributed by atoms with E-state index in [9.17, 15) is 0 Å². The van der Waals surface area contributed by atoms with Crippen LogP contribution in [-0.2, 0) is 5.41 Å². The molecule has 2 nitrogen and oxygen atoms in total. The van der Waals surface area contributed by atoms with Gasteiger partial charge in [-0.25, -0.2) is 0 Å². The molecule has 0 amide bonds. The predicted molar refractivity (Wildman–Crippen MR) is 243 cm³/mol. The molecule has 272 valence electrons. The Morgan fingerprint density at radius 1 is 0.288 bits per heavy atom. The molecule has 1 spiro atoms. The Labute approximate surface area is 339 Å². The van der Waals surface area contributed by atoms with Crippen molar-refractivity contribution in [3.8, 4) is 44.5 Å². The summed E-state index contributed by atoms with van der Waals surface area (Å²) in [6.45, 7) is 0. The minimum atomic E-state index is -0.483. The maximum Gasteiger partial charge on any atom is 0.136 e. The normalized spacial score (nSPS) is 13.6. The van der Waals surface area contributed by atoms with Crippen LogP contribution in [-0.4, -0.2) is 0 Å². The molecule has 0 bridgehead atoms. The molecule has 2 aliphatic rings. The maximum absolute atomic E-state index is 6.56. The van der Waals surface area contributed by atoms with Gasteiger partial charge in [-0.05, 0) is 137 Å². The summed E-state index contributed by atoms with van der Waals surface area (Å²) in [7, 11) is 0. The molecule has 2 heterocycles. The Morgan fingerprint density at radius 2 is 0.864 bits per heavy atom. The van der Waals surface area contributed by atoms with Crippen molar-refractivity contribution in [2.45, 2.75) is 5.41 Å². The van der Waals surface area contributed by atoms with E-state index < -0.39 is 5.41 Å². The first-order valence-electron chi connectivity index (χ1n) is 20.4. The molecule has 0 radical (unpaired) electrons. The number of para-hydroxylation sites is 1. The van der Waals surface area contributed by atoms with E-state index in [4.69, 9.17) is 8.83 Å². The highest BCUT2D eigenvalue weighted by Crippen LogP contribution is 2.65. The first-order chi connectivity index (χ1) is 29.2. The van der Waals surface area contributed by atoms with Gasteiger partial charge in [0.05, 0.1) is 5.41 Å². The van der Waals surface area contributed by atoms with E-state index in [1.54, 1.807) is 0 Å². The molecule has 0 aliphatic heterocycles. The van der Waals surface area contributed by atoms with Crippen molar-refractivity contribution in [1.29, 1.82) is 0 Å². The SMILES string of the molecule is c1ccc2c(c1)-c1ccccc1C21c2ccccc2-c2c1cc1cc(-c3cccc4oc5cc6ccccc6cc5c34)ccc1c2-c1ccc2c(c1)oc1ccccc12. The van der Waals surface area contributed by atoms with E-state index in [1.807, 2.05) is 6.07 Å². The Bertz CT molecular complexity index is 3750. The molecule has 2 aromatic heterocycles. The van der Waals surface area contributed by atoms with E-state index in [0.717, 1.165) is 55.0 Å². The van der Waals surface area contributed by atoms with Crippen molar-refractivity contribution in [1.82, 2.24) is 0 Å². The molecule has 14 rings (SSSR count). The van der Waals surface area contributed by atoms with Crippen molar-refractivity contribution < 1.29 is 8.83 Å². The van der Waals surface area contributed by atoms with Crippen LogP contribution in [0.1, 0.15) is 22.3 Å². The standard InChI is InChI=1S/C57H32O2/c1-2-13-34-31-53-45(29-33(34)12-1)55-38(18-11-23-51(55)59-53)35-24-26-39-37(28-35)30-49-56(54(39)36-25-27-43-42-16-6-10-22-50(42)58-52(43)32-36)44-17-5-9-21-48(44)57(49)46-19-7-3-14-40(46)41-15-4-8-20-47(41)57/h1-32H. The summed E-state index contributed by atoms with van der Waals surface area (Å²) in [4.78, 5) is 0. The molecular weight excluding hydrogens is 717 g/mol. The van der Waals surface area contributed by atoms with Gasteiger partial charge in [-0.1, -0.05) is 146 Å². The van der Waals surface area contributed by atoms with Crippen molar-refractivity contribution in [2.75, 3.05) is 0 Å². The molecule has 12 aromatic rings. The summed E-state index contributed by atoms with van der Waals surface area (Å²) in [5.74, 6) is 0. The van der Waals surface area contributed by atoms with Gasteiger partial charge in [-0.3, -0.25) is 0 Å². The molecule has 0 N–H and O–H groups in total. The van der Waals surface area contributed by atoms with E-state index >= 15 is 0 Å². The van der Waals surface area contributed by atoms with Gasteiger partial charge in [0.2, 0.25) is 0 Å². The van der Waals surface area contributed by atoms with Gasteiger partial charge < -0.3 is 8.83 Å². The summed E-state index contributed by atoms with van der Waals surface area (Å²) in [6, 6.07) is 71.4. The van der Waals surface area contributed by atoms with Gasteiger partial charge in [0, 0.05) is 21.5 Å². The van der Waals surface area contributed by atoms with Crippen molar-refractivity contribution in [3.05, 3.63) is 216 Å². The first kappa shape index (κ1) is 31.4. The monoisotopic (exact) mass is 748 g/mol.